The van der Waals surface area contributed by atoms with Crippen molar-refractivity contribution in [2.24, 2.45) is 5.92 Å². The minimum Gasteiger partial charge on any atom is -0.385 e. The van der Waals surface area contributed by atoms with Crippen molar-refractivity contribution in [3.05, 3.63) is 60.3 Å². The molecule has 3 atom stereocenters. The van der Waals surface area contributed by atoms with E-state index in [1.54, 1.807) is 12.4 Å². The number of morpholine rings is 1. The van der Waals surface area contributed by atoms with Crippen molar-refractivity contribution in [3.8, 4) is 0 Å². The van der Waals surface area contributed by atoms with Gasteiger partial charge >= 0.3 is 0 Å². The number of fused-ring (bicyclic) bond motifs is 2. The van der Waals surface area contributed by atoms with Gasteiger partial charge in [-0.05, 0) is 24.8 Å². The fourth-order valence-corrected chi connectivity index (χ4v) is 6.23. The van der Waals surface area contributed by atoms with Gasteiger partial charge in [0, 0.05) is 44.0 Å². The molecule has 8 heteroatoms. The maximum absolute atomic E-state index is 14.0. The van der Waals surface area contributed by atoms with Crippen LogP contribution in [0.15, 0.2) is 48.9 Å². The Kier molecular flexibility index (Phi) is 5.50. The van der Waals surface area contributed by atoms with Crippen LogP contribution in [-0.2, 0) is 10.3 Å². The zero-order chi connectivity index (χ0) is 23.1. The predicted molar refractivity (Wildman–Crippen MR) is 128 cm³/mol. The van der Waals surface area contributed by atoms with Crippen LogP contribution in [0.5, 0.6) is 0 Å². The molecule has 8 nitrogen and oxygen atoms in total. The number of benzene rings is 1. The van der Waals surface area contributed by atoms with Gasteiger partial charge in [0.2, 0.25) is 5.82 Å². The molecule has 1 saturated carbocycles. The maximum Gasteiger partial charge on any atom is 0.290 e. The Balaban J connectivity index is 1.35. The summed E-state index contributed by atoms with van der Waals surface area (Å²) in [5, 5.41) is 11.9. The van der Waals surface area contributed by atoms with Gasteiger partial charge in [-0.25, -0.2) is 4.98 Å². The van der Waals surface area contributed by atoms with Gasteiger partial charge in [-0.1, -0.05) is 43.2 Å². The van der Waals surface area contributed by atoms with Gasteiger partial charge in [0.15, 0.2) is 5.82 Å². The Hall–Kier alpha value is -2.97. The lowest BCUT2D eigenvalue weighted by molar-refractivity contribution is -0.110. The van der Waals surface area contributed by atoms with Crippen molar-refractivity contribution in [2.75, 3.05) is 37.7 Å². The molecule has 1 N–H and O–H groups in total. The molecule has 1 aliphatic carbocycles. The lowest BCUT2D eigenvalue weighted by Crippen LogP contribution is -2.59. The highest BCUT2D eigenvalue weighted by molar-refractivity contribution is 5.94. The van der Waals surface area contributed by atoms with Gasteiger partial charge in [-0.15, -0.1) is 0 Å². The standard InChI is InChI=1S/C26H31N5O3/c32-25(24-28-23(29-14-16-34-17-15-29)22-18-27-11-13-30(22)24)31-12-10-26(33,19-6-2-1-3-7-19)20-8-4-5-9-21(20)31/h1-3,6-7,11,13,18,20-21,33H,4-5,8-10,12,14-17H2/t20-,21+,26-/m0/s1. The van der Waals surface area contributed by atoms with E-state index in [-0.39, 0.29) is 17.9 Å². The van der Waals surface area contributed by atoms with Gasteiger partial charge in [-0.3, -0.25) is 14.2 Å². The molecule has 1 aromatic carbocycles. The van der Waals surface area contributed by atoms with E-state index >= 15 is 0 Å². The predicted octanol–water partition coefficient (Wildman–Crippen LogP) is 2.86. The second-order valence-electron chi connectivity index (χ2n) is 9.69. The minimum atomic E-state index is -0.902. The van der Waals surface area contributed by atoms with E-state index in [1.165, 1.54) is 0 Å². The summed E-state index contributed by atoms with van der Waals surface area (Å²) in [6.07, 6.45) is 9.81. The Morgan fingerprint density at radius 1 is 1.09 bits per heavy atom. The summed E-state index contributed by atoms with van der Waals surface area (Å²) in [5.41, 5.74) is 0.900. The number of aromatic nitrogens is 3. The quantitative estimate of drug-likeness (QED) is 0.646. The number of hydrogen-bond acceptors (Lipinski definition) is 6. The van der Waals surface area contributed by atoms with Crippen LogP contribution in [0.1, 0.15) is 48.3 Å². The Labute approximate surface area is 199 Å². The average Bonchev–Trinajstić information content (AvgIpc) is 3.30. The number of piperidine rings is 1. The Bertz CT molecular complexity index is 1180. The third kappa shape index (κ3) is 3.47. The molecule has 3 aromatic rings. The van der Waals surface area contributed by atoms with Crippen LogP contribution in [0.25, 0.3) is 5.52 Å². The van der Waals surface area contributed by atoms with Gasteiger partial charge in [-0.2, -0.15) is 0 Å². The first-order valence-corrected chi connectivity index (χ1v) is 12.4. The van der Waals surface area contributed by atoms with Crippen molar-refractivity contribution >= 4 is 17.2 Å². The number of aliphatic hydroxyl groups is 1. The SMILES string of the molecule is O=C(c1nc(N2CCOCC2)c2cnccn12)N1CC[C@](O)(c2ccccc2)[C@H]2CCCC[C@H]21. The second kappa shape index (κ2) is 8.67. The van der Waals surface area contributed by atoms with Gasteiger partial charge < -0.3 is 19.6 Å². The van der Waals surface area contributed by atoms with Crippen LogP contribution in [0.3, 0.4) is 0 Å². The highest BCUT2D eigenvalue weighted by atomic mass is 16.5. The van der Waals surface area contributed by atoms with Crippen molar-refractivity contribution < 1.29 is 14.6 Å². The van der Waals surface area contributed by atoms with E-state index in [0.29, 0.717) is 32.0 Å². The van der Waals surface area contributed by atoms with Crippen molar-refractivity contribution in [1.29, 1.82) is 0 Å². The van der Waals surface area contributed by atoms with Crippen LogP contribution < -0.4 is 4.90 Å². The largest absolute Gasteiger partial charge is 0.385 e. The summed E-state index contributed by atoms with van der Waals surface area (Å²) < 4.78 is 7.38. The molecule has 34 heavy (non-hydrogen) atoms. The molecule has 2 aliphatic heterocycles. The molecular formula is C26H31N5O3. The lowest BCUT2D eigenvalue weighted by atomic mass is 9.66. The minimum absolute atomic E-state index is 0.00114. The molecule has 2 saturated heterocycles. The lowest BCUT2D eigenvalue weighted by Gasteiger charge is -2.52. The van der Waals surface area contributed by atoms with Gasteiger partial charge in [0.05, 0.1) is 25.0 Å². The number of carbonyl (C=O) groups is 1. The monoisotopic (exact) mass is 461 g/mol. The summed E-state index contributed by atoms with van der Waals surface area (Å²) in [7, 11) is 0. The molecule has 178 valence electrons. The number of hydrogen-bond donors (Lipinski definition) is 1. The van der Waals surface area contributed by atoms with E-state index in [9.17, 15) is 9.90 Å². The molecule has 4 heterocycles. The number of ether oxygens (including phenoxy) is 1. The fraction of sp³-hybridized carbons (Fsp3) is 0.500. The summed E-state index contributed by atoms with van der Waals surface area (Å²) >= 11 is 0. The number of likely N-dealkylation sites (tertiary alicyclic amines) is 1. The van der Waals surface area contributed by atoms with Gasteiger partial charge in [0.25, 0.3) is 5.91 Å². The summed E-state index contributed by atoms with van der Waals surface area (Å²) in [4.78, 5) is 27.3. The highest BCUT2D eigenvalue weighted by Crippen LogP contribution is 2.47. The first-order chi connectivity index (χ1) is 16.7. The number of amides is 1. The fourth-order valence-electron chi connectivity index (χ4n) is 6.23. The summed E-state index contributed by atoms with van der Waals surface area (Å²) in [6.45, 7) is 3.30. The van der Waals surface area contributed by atoms with Crippen molar-refractivity contribution in [2.45, 2.75) is 43.7 Å². The molecule has 0 radical (unpaired) electrons. The third-order valence-electron chi connectivity index (χ3n) is 7.94. The van der Waals surface area contributed by atoms with E-state index < -0.39 is 5.60 Å². The molecule has 0 spiro atoms. The number of nitrogens with zero attached hydrogens (tertiary/aromatic N) is 5. The first kappa shape index (κ1) is 21.6. The van der Waals surface area contributed by atoms with E-state index in [0.717, 1.165) is 55.7 Å². The van der Waals surface area contributed by atoms with Crippen LogP contribution in [0.2, 0.25) is 0 Å². The molecule has 3 fully saturated rings. The topological polar surface area (TPSA) is 83.2 Å². The molecule has 3 aliphatic rings. The van der Waals surface area contributed by atoms with Crippen LogP contribution in [-0.4, -0.2) is 69.2 Å². The summed E-state index contributed by atoms with van der Waals surface area (Å²) in [6, 6.07) is 10.00. The second-order valence-corrected chi connectivity index (χ2v) is 9.69. The molecular weight excluding hydrogens is 430 g/mol. The van der Waals surface area contributed by atoms with Crippen molar-refractivity contribution in [1.82, 2.24) is 19.3 Å². The first-order valence-electron chi connectivity index (χ1n) is 12.4. The van der Waals surface area contributed by atoms with Crippen LogP contribution >= 0.6 is 0 Å². The smallest absolute Gasteiger partial charge is 0.290 e. The van der Waals surface area contributed by atoms with Crippen molar-refractivity contribution in [3.63, 3.8) is 0 Å². The van der Waals surface area contributed by atoms with Crippen LogP contribution in [0, 0.1) is 5.92 Å². The van der Waals surface area contributed by atoms with E-state index in [4.69, 9.17) is 9.72 Å². The van der Waals surface area contributed by atoms with Gasteiger partial charge in [0.1, 0.15) is 5.52 Å². The zero-order valence-electron chi connectivity index (χ0n) is 19.3. The van der Waals surface area contributed by atoms with Crippen LogP contribution in [0.4, 0.5) is 5.82 Å². The summed E-state index contributed by atoms with van der Waals surface area (Å²) in [5.74, 6) is 1.17. The Morgan fingerprint density at radius 3 is 2.71 bits per heavy atom. The number of imidazole rings is 1. The highest BCUT2D eigenvalue weighted by Gasteiger charge is 2.50. The third-order valence-corrected chi connectivity index (χ3v) is 7.94. The average molecular weight is 462 g/mol. The molecule has 6 rings (SSSR count). The molecule has 2 aromatic heterocycles. The zero-order valence-corrected chi connectivity index (χ0v) is 19.3. The maximum atomic E-state index is 14.0. The normalized spacial score (nSPS) is 27.6. The number of rotatable bonds is 3. The number of anilines is 1. The number of carbonyl (C=O) groups excluding carboxylic acids is 1. The molecule has 1 amide bonds. The molecule has 0 bridgehead atoms. The Morgan fingerprint density at radius 2 is 1.88 bits per heavy atom. The van der Waals surface area contributed by atoms with E-state index in [2.05, 4.69) is 9.88 Å². The molecule has 0 unspecified atom stereocenters. The van der Waals surface area contributed by atoms with E-state index in [1.807, 2.05) is 45.8 Å².